The molecule has 1 N–H and O–H groups in total. The van der Waals surface area contributed by atoms with Gasteiger partial charge in [-0.25, -0.2) is 0 Å². The van der Waals surface area contributed by atoms with Crippen molar-refractivity contribution in [2.75, 3.05) is 19.8 Å². The molecule has 1 aromatic carbocycles. The second-order valence-electron chi connectivity index (χ2n) is 4.51. The third-order valence-electron chi connectivity index (χ3n) is 2.78. The monoisotopic (exact) mass is 299 g/mol. The molecular formula is C15H22ClNO3. The van der Waals surface area contributed by atoms with Crippen LogP contribution in [0, 0.1) is 6.92 Å². The van der Waals surface area contributed by atoms with E-state index >= 15 is 0 Å². The SMILES string of the molecule is CCOCCCNC(=O)C(C)Oc1ccc(Cl)cc1C. The highest BCUT2D eigenvalue weighted by Gasteiger charge is 2.15. The number of ether oxygens (including phenoxy) is 2. The van der Waals surface area contributed by atoms with Crippen molar-refractivity contribution in [2.45, 2.75) is 33.3 Å². The van der Waals surface area contributed by atoms with E-state index in [-0.39, 0.29) is 5.91 Å². The average Bonchev–Trinajstić information content (AvgIpc) is 2.41. The van der Waals surface area contributed by atoms with E-state index in [1.54, 1.807) is 19.1 Å². The number of hydrogen-bond donors (Lipinski definition) is 1. The van der Waals surface area contributed by atoms with E-state index in [0.29, 0.717) is 30.5 Å². The minimum Gasteiger partial charge on any atom is -0.481 e. The fourth-order valence-corrected chi connectivity index (χ4v) is 1.89. The Morgan fingerprint density at radius 1 is 1.45 bits per heavy atom. The zero-order valence-electron chi connectivity index (χ0n) is 12.2. The molecule has 1 atom stereocenters. The maximum atomic E-state index is 11.9. The first-order valence-corrected chi connectivity index (χ1v) is 7.20. The highest BCUT2D eigenvalue weighted by Crippen LogP contribution is 2.22. The number of rotatable bonds is 8. The second-order valence-corrected chi connectivity index (χ2v) is 4.95. The molecule has 0 aliphatic heterocycles. The summed E-state index contributed by atoms with van der Waals surface area (Å²) >= 11 is 5.88. The molecule has 0 saturated carbocycles. The van der Waals surface area contributed by atoms with Crippen molar-refractivity contribution in [2.24, 2.45) is 0 Å². The summed E-state index contributed by atoms with van der Waals surface area (Å²) in [5.41, 5.74) is 0.911. The highest BCUT2D eigenvalue weighted by atomic mass is 35.5. The van der Waals surface area contributed by atoms with E-state index < -0.39 is 6.10 Å². The van der Waals surface area contributed by atoms with Crippen LogP contribution in [-0.4, -0.2) is 31.8 Å². The summed E-state index contributed by atoms with van der Waals surface area (Å²) < 4.78 is 10.8. The molecule has 112 valence electrons. The molecule has 4 nitrogen and oxygen atoms in total. The number of carbonyl (C=O) groups excluding carboxylic acids is 1. The summed E-state index contributed by atoms with van der Waals surface area (Å²) in [6, 6.07) is 5.33. The molecule has 1 aromatic rings. The number of aryl methyl sites for hydroxylation is 1. The number of halogens is 1. The van der Waals surface area contributed by atoms with Gasteiger partial charge in [0.25, 0.3) is 5.91 Å². The normalized spacial score (nSPS) is 12.0. The Morgan fingerprint density at radius 2 is 2.20 bits per heavy atom. The number of amides is 1. The molecule has 0 saturated heterocycles. The lowest BCUT2D eigenvalue weighted by Gasteiger charge is -2.16. The summed E-state index contributed by atoms with van der Waals surface area (Å²) in [5.74, 6) is 0.544. The van der Waals surface area contributed by atoms with E-state index in [4.69, 9.17) is 21.1 Å². The molecular weight excluding hydrogens is 278 g/mol. The fourth-order valence-electron chi connectivity index (χ4n) is 1.66. The summed E-state index contributed by atoms with van der Waals surface area (Å²) in [6.07, 6.45) is 0.258. The van der Waals surface area contributed by atoms with Gasteiger partial charge in [-0.15, -0.1) is 0 Å². The predicted octanol–water partition coefficient (Wildman–Crippen LogP) is 2.96. The van der Waals surface area contributed by atoms with E-state index in [1.165, 1.54) is 0 Å². The molecule has 1 rings (SSSR count). The van der Waals surface area contributed by atoms with Crippen molar-refractivity contribution in [1.29, 1.82) is 0 Å². The van der Waals surface area contributed by atoms with Crippen molar-refractivity contribution in [3.63, 3.8) is 0 Å². The van der Waals surface area contributed by atoms with E-state index in [1.807, 2.05) is 19.9 Å². The Kier molecular flexibility index (Phi) is 7.41. The molecule has 0 aliphatic rings. The van der Waals surface area contributed by atoms with Crippen LogP contribution in [0.5, 0.6) is 5.75 Å². The van der Waals surface area contributed by atoms with Gasteiger partial charge >= 0.3 is 0 Å². The van der Waals surface area contributed by atoms with Crippen LogP contribution in [0.4, 0.5) is 0 Å². The summed E-state index contributed by atoms with van der Waals surface area (Å²) in [6.45, 7) is 7.51. The third kappa shape index (κ3) is 5.80. The van der Waals surface area contributed by atoms with Gasteiger partial charge in [-0.05, 0) is 51.0 Å². The van der Waals surface area contributed by atoms with Gasteiger partial charge in [0.2, 0.25) is 0 Å². The summed E-state index contributed by atoms with van der Waals surface area (Å²) in [7, 11) is 0. The molecule has 20 heavy (non-hydrogen) atoms. The van der Waals surface area contributed by atoms with Crippen molar-refractivity contribution in [3.8, 4) is 5.75 Å². The minimum atomic E-state index is -0.540. The van der Waals surface area contributed by atoms with E-state index in [9.17, 15) is 4.79 Å². The largest absolute Gasteiger partial charge is 0.481 e. The highest BCUT2D eigenvalue weighted by molar-refractivity contribution is 6.30. The second kappa shape index (κ2) is 8.82. The molecule has 0 aromatic heterocycles. The van der Waals surface area contributed by atoms with Gasteiger partial charge in [-0.3, -0.25) is 4.79 Å². The van der Waals surface area contributed by atoms with Crippen LogP contribution >= 0.6 is 11.6 Å². The maximum Gasteiger partial charge on any atom is 0.260 e. The van der Waals surface area contributed by atoms with Gasteiger partial charge in [0.1, 0.15) is 5.75 Å². The molecule has 5 heteroatoms. The van der Waals surface area contributed by atoms with Crippen molar-refractivity contribution in [3.05, 3.63) is 28.8 Å². The smallest absolute Gasteiger partial charge is 0.260 e. The molecule has 0 heterocycles. The fraction of sp³-hybridized carbons (Fsp3) is 0.533. The number of benzene rings is 1. The van der Waals surface area contributed by atoms with Crippen LogP contribution < -0.4 is 10.1 Å². The lowest BCUT2D eigenvalue weighted by atomic mass is 10.2. The quantitative estimate of drug-likeness (QED) is 0.751. The number of carbonyl (C=O) groups is 1. The summed E-state index contributed by atoms with van der Waals surface area (Å²) in [5, 5.41) is 3.48. The molecule has 1 amide bonds. The Balaban J connectivity index is 2.37. The molecule has 0 radical (unpaired) electrons. The van der Waals surface area contributed by atoms with Gasteiger partial charge < -0.3 is 14.8 Å². The van der Waals surface area contributed by atoms with Crippen molar-refractivity contribution < 1.29 is 14.3 Å². The molecule has 0 bridgehead atoms. The first-order valence-electron chi connectivity index (χ1n) is 6.83. The maximum absolute atomic E-state index is 11.9. The van der Waals surface area contributed by atoms with Gasteiger partial charge in [-0.2, -0.15) is 0 Å². The van der Waals surface area contributed by atoms with Gasteiger partial charge in [0, 0.05) is 24.8 Å². The van der Waals surface area contributed by atoms with Crippen LogP contribution in [-0.2, 0) is 9.53 Å². The molecule has 0 aliphatic carbocycles. The Morgan fingerprint density at radius 3 is 2.85 bits per heavy atom. The lowest BCUT2D eigenvalue weighted by Crippen LogP contribution is -2.37. The van der Waals surface area contributed by atoms with Crippen LogP contribution in [0.1, 0.15) is 25.8 Å². The predicted molar refractivity (Wildman–Crippen MR) is 80.4 cm³/mol. The third-order valence-corrected chi connectivity index (χ3v) is 3.01. The van der Waals surface area contributed by atoms with Gasteiger partial charge in [0.05, 0.1) is 0 Å². The van der Waals surface area contributed by atoms with Crippen molar-refractivity contribution in [1.82, 2.24) is 5.32 Å². The van der Waals surface area contributed by atoms with Gasteiger partial charge in [-0.1, -0.05) is 11.6 Å². The van der Waals surface area contributed by atoms with Crippen LogP contribution in [0.2, 0.25) is 5.02 Å². The number of hydrogen-bond acceptors (Lipinski definition) is 3. The van der Waals surface area contributed by atoms with Crippen molar-refractivity contribution >= 4 is 17.5 Å². The molecule has 0 fully saturated rings. The number of nitrogens with one attached hydrogen (secondary N) is 1. The van der Waals surface area contributed by atoms with E-state index in [0.717, 1.165) is 12.0 Å². The topological polar surface area (TPSA) is 47.6 Å². The summed E-state index contributed by atoms with van der Waals surface area (Å²) in [4.78, 5) is 11.9. The van der Waals surface area contributed by atoms with E-state index in [2.05, 4.69) is 5.32 Å². The lowest BCUT2D eigenvalue weighted by molar-refractivity contribution is -0.127. The van der Waals surface area contributed by atoms with Crippen LogP contribution in [0.15, 0.2) is 18.2 Å². The molecule has 1 unspecified atom stereocenters. The van der Waals surface area contributed by atoms with Crippen LogP contribution in [0.3, 0.4) is 0 Å². The van der Waals surface area contributed by atoms with Crippen LogP contribution in [0.25, 0.3) is 0 Å². The standard InChI is InChI=1S/C15H22ClNO3/c1-4-19-9-5-8-17-15(18)12(3)20-14-7-6-13(16)10-11(14)2/h6-7,10,12H,4-5,8-9H2,1-3H3,(H,17,18). The Hall–Kier alpha value is -1.26. The zero-order valence-corrected chi connectivity index (χ0v) is 13.0. The minimum absolute atomic E-state index is 0.129. The Labute approximate surface area is 125 Å². The zero-order chi connectivity index (χ0) is 15.0. The Bertz CT molecular complexity index is 437. The average molecular weight is 300 g/mol. The van der Waals surface area contributed by atoms with Gasteiger partial charge in [0.15, 0.2) is 6.10 Å². The molecule has 0 spiro atoms. The first kappa shape index (κ1) is 16.8. The first-order chi connectivity index (χ1) is 9.54.